The molecule has 8 heteroatoms. The molecule has 0 radical (unpaired) electrons. The van der Waals surface area contributed by atoms with Crippen molar-refractivity contribution in [3.8, 4) is 17.6 Å². The van der Waals surface area contributed by atoms with Crippen LogP contribution >= 0.6 is 0 Å². The lowest BCUT2D eigenvalue weighted by atomic mass is 10.2. The Morgan fingerprint density at radius 1 is 1.15 bits per heavy atom. The first-order valence-electron chi connectivity index (χ1n) is 8.51. The zero-order valence-electron chi connectivity index (χ0n) is 15.1. The van der Waals surface area contributed by atoms with E-state index in [1.54, 1.807) is 35.4 Å². The molecule has 0 saturated carbocycles. The zero-order chi connectivity index (χ0) is 18.5. The Hall–Kier alpha value is -2.90. The molecule has 0 N–H and O–H groups in total. The molecule has 3 rings (SSSR count). The van der Waals surface area contributed by atoms with Gasteiger partial charge < -0.3 is 19.1 Å². The largest absolute Gasteiger partial charge is 0.480 e. The summed E-state index contributed by atoms with van der Waals surface area (Å²) in [7, 11) is 1.53. The Bertz CT molecular complexity index is 734. The van der Waals surface area contributed by atoms with Gasteiger partial charge in [-0.2, -0.15) is 0 Å². The van der Waals surface area contributed by atoms with E-state index in [1.807, 2.05) is 13.8 Å². The molecule has 1 fully saturated rings. The number of pyridine rings is 1. The number of nitrogens with zero attached hydrogens (tertiary/aromatic N) is 4. The number of hydrogen-bond donors (Lipinski definition) is 0. The molecule has 1 unspecified atom stereocenters. The number of aromatic nitrogens is 3. The van der Waals surface area contributed by atoms with Crippen molar-refractivity contribution in [3.63, 3.8) is 0 Å². The molecule has 0 aromatic carbocycles. The molecule has 138 valence electrons. The average molecular weight is 358 g/mol. The fourth-order valence-electron chi connectivity index (χ4n) is 2.66. The molecule has 1 aliphatic heterocycles. The van der Waals surface area contributed by atoms with Gasteiger partial charge in [0.05, 0.1) is 25.3 Å². The molecule has 0 bridgehead atoms. The fourth-order valence-corrected chi connectivity index (χ4v) is 2.66. The third-order valence-corrected chi connectivity index (χ3v) is 3.88. The SMILES string of the molecule is COc1ccc(OC2CCN(C(=O)c3ccc(OC(C)C)nc3)C2)nn1. The van der Waals surface area contributed by atoms with E-state index in [2.05, 4.69) is 15.2 Å². The predicted molar refractivity (Wildman–Crippen MR) is 93.5 cm³/mol. The minimum absolute atomic E-state index is 0.0431. The molecule has 3 heterocycles. The smallest absolute Gasteiger partial charge is 0.255 e. The van der Waals surface area contributed by atoms with Gasteiger partial charge in [-0.25, -0.2) is 4.98 Å². The molecular formula is C18H22N4O4. The highest BCUT2D eigenvalue weighted by Gasteiger charge is 2.28. The second-order valence-corrected chi connectivity index (χ2v) is 6.25. The summed E-state index contributed by atoms with van der Waals surface area (Å²) in [5, 5.41) is 7.82. The van der Waals surface area contributed by atoms with Crippen molar-refractivity contribution in [2.24, 2.45) is 0 Å². The minimum atomic E-state index is -0.113. The van der Waals surface area contributed by atoms with Crippen molar-refractivity contribution in [3.05, 3.63) is 36.0 Å². The van der Waals surface area contributed by atoms with Crippen LogP contribution < -0.4 is 14.2 Å². The van der Waals surface area contributed by atoms with Gasteiger partial charge in [0.1, 0.15) is 6.10 Å². The Kier molecular flexibility index (Phi) is 5.50. The maximum Gasteiger partial charge on any atom is 0.255 e. The average Bonchev–Trinajstić information content (AvgIpc) is 3.10. The Balaban J connectivity index is 1.56. The lowest BCUT2D eigenvalue weighted by Crippen LogP contribution is -2.31. The van der Waals surface area contributed by atoms with E-state index < -0.39 is 0 Å². The van der Waals surface area contributed by atoms with E-state index in [-0.39, 0.29) is 18.1 Å². The standard InChI is InChI=1S/C18H22N4O4/c1-12(2)25-15-5-4-13(10-19-15)18(23)22-9-8-14(11-22)26-17-7-6-16(24-3)20-21-17/h4-7,10,12,14H,8-9,11H2,1-3H3. The van der Waals surface area contributed by atoms with Crippen LogP contribution in [0.25, 0.3) is 0 Å². The maximum atomic E-state index is 12.6. The normalized spacial score (nSPS) is 16.6. The van der Waals surface area contributed by atoms with Gasteiger partial charge in [-0.15, -0.1) is 10.2 Å². The van der Waals surface area contributed by atoms with E-state index in [4.69, 9.17) is 14.2 Å². The van der Waals surface area contributed by atoms with Crippen molar-refractivity contribution in [2.45, 2.75) is 32.5 Å². The molecule has 1 saturated heterocycles. The summed E-state index contributed by atoms with van der Waals surface area (Å²) in [5.41, 5.74) is 0.533. The Morgan fingerprint density at radius 2 is 1.88 bits per heavy atom. The highest BCUT2D eigenvalue weighted by molar-refractivity contribution is 5.94. The summed E-state index contributed by atoms with van der Waals surface area (Å²) >= 11 is 0. The number of rotatable bonds is 6. The van der Waals surface area contributed by atoms with Crippen LogP contribution in [0.5, 0.6) is 17.6 Å². The summed E-state index contributed by atoms with van der Waals surface area (Å²) in [6.07, 6.45) is 2.21. The number of carbonyl (C=O) groups excluding carboxylic acids is 1. The van der Waals surface area contributed by atoms with Gasteiger partial charge in [0, 0.05) is 37.4 Å². The van der Waals surface area contributed by atoms with Crippen LogP contribution in [-0.2, 0) is 0 Å². The second-order valence-electron chi connectivity index (χ2n) is 6.25. The van der Waals surface area contributed by atoms with Gasteiger partial charge >= 0.3 is 0 Å². The number of amides is 1. The van der Waals surface area contributed by atoms with Crippen LogP contribution in [0, 0.1) is 0 Å². The van der Waals surface area contributed by atoms with Crippen molar-refractivity contribution in [1.29, 1.82) is 0 Å². The Labute approximate surface area is 152 Å². The lowest BCUT2D eigenvalue weighted by Gasteiger charge is -2.17. The second kappa shape index (κ2) is 7.99. The van der Waals surface area contributed by atoms with E-state index in [9.17, 15) is 4.79 Å². The van der Waals surface area contributed by atoms with Crippen molar-refractivity contribution >= 4 is 5.91 Å². The van der Waals surface area contributed by atoms with Crippen LogP contribution in [0.1, 0.15) is 30.6 Å². The van der Waals surface area contributed by atoms with Gasteiger partial charge in [0.2, 0.25) is 17.6 Å². The molecular weight excluding hydrogens is 336 g/mol. The van der Waals surface area contributed by atoms with Gasteiger partial charge in [-0.1, -0.05) is 0 Å². The third kappa shape index (κ3) is 4.38. The van der Waals surface area contributed by atoms with E-state index in [1.165, 1.54) is 7.11 Å². The minimum Gasteiger partial charge on any atom is -0.480 e. The lowest BCUT2D eigenvalue weighted by molar-refractivity contribution is 0.0770. The summed E-state index contributed by atoms with van der Waals surface area (Å²) in [5.74, 6) is 1.29. The number of methoxy groups -OCH3 is 1. The third-order valence-electron chi connectivity index (χ3n) is 3.88. The van der Waals surface area contributed by atoms with E-state index >= 15 is 0 Å². The van der Waals surface area contributed by atoms with E-state index in [0.717, 1.165) is 6.42 Å². The molecule has 0 spiro atoms. The molecule has 0 aliphatic carbocycles. The number of likely N-dealkylation sites (tertiary alicyclic amines) is 1. The molecule has 2 aromatic rings. The molecule has 1 aliphatic rings. The van der Waals surface area contributed by atoms with Crippen LogP contribution in [-0.4, -0.2) is 58.4 Å². The van der Waals surface area contributed by atoms with Crippen LogP contribution in [0.4, 0.5) is 0 Å². The first-order chi connectivity index (χ1) is 12.5. The highest BCUT2D eigenvalue weighted by atomic mass is 16.5. The zero-order valence-corrected chi connectivity index (χ0v) is 15.1. The summed E-state index contributed by atoms with van der Waals surface area (Å²) in [6, 6.07) is 6.83. The van der Waals surface area contributed by atoms with Crippen molar-refractivity contribution in [2.75, 3.05) is 20.2 Å². The summed E-state index contributed by atoms with van der Waals surface area (Å²) in [6.45, 7) is 4.98. The predicted octanol–water partition coefficient (Wildman–Crippen LogP) is 1.96. The van der Waals surface area contributed by atoms with Gasteiger partial charge in [0.25, 0.3) is 5.91 Å². The maximum absolute atomic E-state index is 12.6. The quantitative estimate of drug-likeness (QED) is 0.780. The van der Waals surface area contributed by atoms with Crippen molar-refractivity contribution in [1.82, 2.24) is 20.1 Å². The molecule has 2 aromatic heterocycles. The molecule has 26 heavy (non-hydrogen) atoms. The monoisotopic (exact) mass is 358 g/mol. The van der Waals surface area contributed by atoms with E-state index in [0.29, 0.717) is 36.3 Å². The summed E-state index contributed by atoms with van der Waals surface area (Å²) in [4.78, 5) is 18.5. The highest BCUT2D eigenvalue weighted by Crippen LogP contribution is 2.19. The number of carbonyl (C=O) groups is 1. The number of ether oxygens (including phenoxy) is 3. The molecule has 1 atom stereocenters. The summed E-state index contributed by atoms with van der Waals surface area (Å²) < 4.78 is 16.3. The first kappa shape index (κ1) is 17.9. The van der Waals surface area contributed by atoms with Gasteiger partial charge in [-0.05, 0) is 19.9 Å². The molecule has 1 amide bonds. The van der Waals surface area contributed by atoms with Gasteiger partial charge in [-0.3, -0.25) is 4.79 Å². The van der Waals surface area contributed by atoms with Crippen LogP contribution in [0.15, 0.2) is 30.5 Å². The fraction of sp³-hybridized carbons (Fsp3) is 0.444. The Morgan fingerprint density at radius 3 is 2.50 bits per heavy atom. The number of hydrogen-bond acceptors (Lipinski definition) is 7. The first-order valence-corrected chi connectivity index (χ1v) is 8.51. The molecule has 8 nitrogen and oxygen atoms in total. The van der Waals surface area contributed by atoms with Crippen LogP contribution in [0.2, 0.25) is 0 Å². The van der Waals surface area contributed by atoms with Gasteiger partial charge in [0.15, 0.2) is 0 Å². The van der Waals surface area contributed by atoms with Crippen molar-refractivity contribution < 1.29 is 19.0 Å². The topological polar surface area (TPSA) is 86.7 Å². The van der Waals surface area contributed by atoms with Crippen LogP contribution in [0.3, 0.4) is 0 Å².